The van der Waals surface area contributed by atoms with Gasteiger partial charge in [0.05, 0.1) is 5.56 Å². The highest BCUT2D eigenvalue weighted by Crippen LogP contribution is 2.35. The lowest BCUT2D eigenvalue weighted by Gasteiger charge is -2.06. The summed E-state index contributed by atoms with van der Waals surface area (Å²) in [7, 11) is -3.72. The van der Waals surface area contributed by atoms with E-state index < -0.39 is 32.2 Å². The molecule has 0 amide bonds. The number of aromatic nitrogens is 1. The first-order valence-electron chi connectivity index (χ1n) is 7.09. The summed E-state index contributed by atoms with van der Waals surface area (Å²) in [5.74, 6) is -2.22. The van der Waals surface area contributed by atoms with Crippen molar-refractivity contribution in [2.75, 3.05) is 6.26 Å². The molecule has 0 aliphatic carbocycles. The second kappa shape index (κ2) is 6.03. The SMILES string of the molecule is Cc1onc(-c2cc(F)cc(F)c2)c1-c1ccc(S(C)(=O)=O)c(F)c1. The van der Waals surface area contributed by atoms with Crippen LogP contribution in [0.3, 0.4) is 0 Å². The Morgan fingerprint density at radius 2 is 1.60 bits per heavy atom. The van der Waals surface area contributed by atoms with E-state index in [0.717, 1.165) is 36.6 Å². The first-order chi connectivity index (χ1) is 11.7. The molecular formula is C17H12F3NO3S. The molecular weight excluding hydrogens is 355 g/mol. The summed E-state index contributed by atoms with van der Waals surface area (Å²) in [6.07, 6.45) is 0.899. The van der Waals surface area contributed by atoms with Crippen LogP contribution in [0.2, 0.25) is 0 Å². The zero-order chi connectivity index (χ0) is 18.4. The minimum atomic E-state index is -3.72. The van der Waals surface area contributed by atoms with Gasteiger partial charge in [0, 0.05) is 17.9 Å². The lowest BCUT2D eigenvalue weighted by Crippen LogP contribution is -2.00. The summed E-state index contributed by atoms with van der Waals surface area (Å²) in [5.41, 5.74) is 0.853. The maximum atomic E-state index is 14.2. The Morgan fingerprint density at radius 1 is 0.960 bits per heavy atom. The molecule has 0 aliphatic heterocycles. The molecule has 3 rings (SSSR count). The van der Waals surface area contributed by atoms with Gasteiger partial charge in [-0.3, -0.25) is 0 Å². The highest BCUT2D eigenvalue weighted by Gasteiger charge is 2.21. The van der Waals surface area contributed by atoms with Gasteiger partial charge in [-0.2, -0.15) is 0 Å². The van der Waals surface area contributed by atoms with E-state index in [-0.39, 0.29) is 16.8 Å². The Bertz CT molecular complexity index is 1050. The molecule has 0 spiro atoms. The number of halogens is 3. The van der Waals surface area contributed by atoms with Crippen molar-refractivity contribution >= 4 is 9.84 Å². The van der Waals surface area contributed by atoms with Crippen molar-refractivity contribution in [3.05, 3.63) is 59.6 Å². The van der Waals surface area contributed by atoms with E-state index in [4.69, 9.17) is 4.52 Å². The van der Waals surface area contributed by atoms with Gasteiger partial charge in [0.15, 0.2) is 9.84 Å². The van der Waals surface area contributed by atoms with Crippen LogP contribution in [-0.4, -0.2) is 19.8 Å². The van der Waals surface area contributed by atoms with E-state index in [2.05, 4.69) is 5.16 Å². The normalized spacial score (nSPS) is 11.7. The predicted octanol–water partition coefficient (Wildman–Crippen LogP) is 4.14. The zero-order valence-electron chi connectivity index (χ0n) is 13.2. The third-order valence-corrected chi connectivity index (χ3v) is 4.75. The summed E-state index contributed by atoms with van der Waals surface area (Å²) < 4.78 is 69.3. The van der Waals surface area contributed by atoms with E-state index in [1.54, 1.807) is 6.92 Å². The van der Waals surface area contributed by atoms with E-state index in [1.165, 1.54) is 6.07 Å². The van der Waals surface area contributed by atoms with Gasteiger partial charge in [-0.1, -0.05) is 11.2 Å². The average molecular weight is 367 g/mol. The van der Waals surface area contributed by atoms with Crippen molar-refractivity contribution < 1.29 is 26.1 Å². The molecule has 3 aromatic rings. The molecule has 0 N–H and O–H groups in total. The maximum absolute atomic E-state index is 14.2. The van der Waals surface area contributed by atoms with Gasteiger partial charge < -0.3 is 4.52 Å². The van der Waals surface area contributed by atoms with Crippen molar-refractivity contribution in [1.29, 1.82) is 0 Å². The van der Waals surface area contributed by atoms with Crippen molar-refractivity contribution in [3.63, 3.8) is 0 Å². The van der Waals surface area contributed by atoms with Gasteiger partial charge in [-0.15, -0.1) is 0 Å². The highest BCUT2D eigenvalue weighted by atomic mass is 32.2. The van der Waals surface area contributed by atoms with Crippen molar-refractivity contribution in [2.24, 2.45) is 0 Å². The topological polar surface area (TPSA) is 60.2 Å². The molecule has 1 heterocycles. The monoisotopic (exact) mass is 367 g/mol. The number of hydrogen-bond donors (Lipinski definition) is 0. The fourth-order valence-electron chi connectivity index (χ4n) is 2.56. The maximum Gasteiger partial charge on any atom is 0.178 e. The summed E-state index contributed by atoms with van der Waals surface area (Å²) in [6, 6.07) is 6.41. The first-order valence-corrected chi connectivity index (χ1v) is 8.98. The molecule has 0 saturated carbocycles. The lowest BCUT2D eigenvalue weighted by atomic mass is 9.99. The minimum Gasteiger partial charge on any atom is -0.360 e. The molecule has 0 atom stereocenters. The first kappa shape index (κ1) is 17.2. The van der Waals surface area contributed by atoms with E-state index in [1.807, 2.05) is 0 Å². The minimum absolute atomic E-state index is 0.122. The molecule has 0 bridgehead atoms. The predicted molar refractivity (Wildman–Crippen MR) is 85.1 cm³/mol. The largest absolute Gasteiger partial charge is 0.360 e. The number of sulfone groups is 1. The molecule has 0 fully saturated rings. The van der Waals surface area contributed by atoms with Gasteiger partial charge in [-0.25, -0.2) is 21.6 Å². The molecule has 4 nitrogen and oxygen atoms in total. The summed E-state index contributed by atoms with van der Waals surface area (Å²) in [5, 5.41) is 3.80. The summed E-state index contributed by atoms with van der Waals surface area (Å²) >= 11 is 0. The number of benzene rings is 2. The molecule has 130 valence electrons. The van der Waals surface area contributed by atoms with Crippen LogP contribution in [-0.2, 0) is 9.84 Å². The fourth-order valence-corrected chi connectivity index (χ4v) is 3.29. The number of aryl methyl sites for hydroxylation is 1. The molecule has 0 radical (unpaired) electrons. The van der Waals surface area contributed by atoms with E-state index in [9.17, 15) is 21.6 Å². The molecule has 25 heavy (non-hydrogen) atoms. The Hall–Kier alpha value is -2.61. The Labute approximate surface area is 141 Å². The van der Waals surface area contributed by atoms with Crippen LogP contribution in [0.15, 0.2) is 45.8 Å². The second-order valence-electron chi connectivity index (χ2n) is 5.54. The molecule has 8 heteroatoms. The standard InChI is InChI=1S/C17H12F3NO3S/c1-9-16(10-3-4-15(14(20)7-10)25(2,22)23)17(21-24-9)11-5-12(18)8-13(19)6-11/h3-8H,1-2H3. The van der Waals surface area contributed by atoms with Crippen LogP contribution in [0.25, 0.3) is 22.4 Å². The van der Waals surface area contributed by atoms with Gasteiger partial charge in [0.25, 0.3) is 0 Å². The van der Waals surface area contributed by atoms with E-state index >= 15 is 0 Å². The van der Waals surface area contributed by atoms with Crippen LogP contribution in [0.4, 0.5) is 13.2 Å². The Kier molecular flexibility index (Phi) is 4.16. The second-order valence-corrected chi connectivity index (χ2v) is 7.52. The fraction of sp³-hybridized carbons (Fsp3) is 0.118. The molecule has 1 aromatic heterocycles. The summed E-state index contributed by atoms with van der Waals surface area (Å²) in [6.45, 7) is 1.56. The third kappa shape index (κ3) is 3.30. The molecule has 2 aromatic carbocycles. The van der Waals surface area contributed by atoms with Gasteiger partial charge in [-0.05, 0) is 36.8 Å². The van der Waals surface area contributed by atoms with Crippen LogP contribution in [0.5, 0.6) is 0 Å². The Balaban J connectivity index is 2.19. The van der Waals surface area contributed by atoms with Crippen molar-refractivity contribution in [3.8, 4) is 22.4 Å². The van der Waals surface area contributed by atoms with E-state index in [0.29, 0.717) is 11.3 Å². The Morgan fingerprint density at radius 3 is 2.16 bits per heavy atom. The highest BCUT2D eigenvalue weighted by molar-refractivity contribution is 7.90. The van der Waals surface area contributed by atoms with Crippen molar-refractivity contribution in [2.45, 2.75) is 11.8 Å². The quantitative estimate of drug-likeness (QED) is 0.698. The number of hydrogen-bond acceptors (Lipinski definition) is 4. The lowest BCUT2D eigenvalue weighted by molar-refractivity contribution is 0.400. The van der Waals surface area contributed by atoms with Crippen LogP contribution in [0.1, 0.15) is 5.76 Å². The van der Waals surface area contributed by atoms with Crippen LogP contribution < -0.4 is 0 Å². The third-order valence-electron chi connectivity index (χ3n) is 3.62. The molecule has 0 unspecified atom stereocenters. The van der Waals surface area contributed by atoms with Crippen LogP contribution >= 0.6 is 0 Å². The average Bonchev–Trinajstić information content (AvgIpc) is 2.86. The molecule has 0 saturated heterocycles. The van der Waals surface area contributed by atoms with Gasteiger partial charge in [0.2, 0.25) is 0 Å². The molecule has 0 aliphatic rings. The number of nitrogens with zero attached hydrogens (tertiary/aromatic N) is 1. The van der Waals surface area contributed by atoms with Crippen LogP contribution in [0, 0.1) is 24.4 Å². The number of rotatable bonds is 3. The van der Waals surface area contributed by atoms with Gasteiger partial charge >= 0.3 is 0 Å². The smallest absolute Gasteiger partial charge is 0.178 e. The summed E-state index contributed by atoms with van der Waals surface area (Å²) in [4.78, 5) is -0.441. The van der Waals surface area contributed by atoms with Gasteiger partial charge in [0.1, 0.15) is 33.8 Å². The zero-order valence-corrected chi connectivity index (χ0v) is 14.0. The van der Waals surface area contributed by atoms with Crippen molar-refractivity contribution in [1.82, 2.24) is 5.16 Å².